The van der Waals surface area contributed by atoms with Gasteiger partial charge in [-0.05, 0) is 13.0 Å². The van der Waals surface area contributed by atoms with Gasteiger partial charge in [-0.25, -0.2) is 18.7 Å². The van der Waals surface area contributed by atoms with Gasteiger partial charge in [0.15, 0.2) is 5.82 Å². The fourth-order valence-corrected chi connectivity index (χ4v) is 3.89. The Morgan fingerprint density at radius 3 is 2.29 bits per heavy atom. The number of morpholine rings is 1. The van der Waals surface area contributed by atoms with Gasteiger partial charge < -0.3 is 25.4 Å². The van der Waals surface area contributed by atoms with E-state index < -0.39 is 18.1 Å². The third-order valence-corrected chi connectivity index (χ3v) is 5.71. The molecule has 2 aliphatic rings. The predicted molar refractivity (Wildman–Crippen MR) is 119 cm³/mol. The largest absolute Gasteiger partial charge is 0.481 e. The first-order chi connectivity index (χ1) is 16.4. The lowest BCUT2D eigenvalue weighted by Gasteiger charge is -2.35. The maximum Gasteiger partial charge on any atom is 0.303 e. The number of alkyl halides is 2. The molecular weight excluding hydrogens is 452 g/mol. The lowest BCUT2D eigenvalue weighted by molar-refractivity contribution is -0.137. The first kappa shape index (κ1) is 23.9. The number of carboxylic acids is 1. The number of carboxylic acid groups (broad SMARTS) is 1. The van der Waals surface area contributed by atoms with Gasteiger partial charge in [-0.2, -0.15) is 15.0 Å². The van der Waals surface area contributed by atoms with Crippen LogP contribution in [0.2, 0.25) is 0 Å². The third kappa shape index (κ3) is 5.80. The van der Waals surface area contributed by atoms with Crippen LogP contribution in [0.1, 0.15) is 25.0 Å². The van der Waals surface area contributed by atoms with Gasteiger partial charge in [-0.15, -0.1) is 0 Å². The molecule has 0 bridgehead atoms. The SMILES string of the molecule is Nc1ncc(-c2nc(N3CCOCC3)nc(N3CCN(CCCC(=O)O)CC3)n2)c(C(F)F)n1. The van der Waals surface area contributed by atoms with Crippen LogP contribution in [0.5, 0.6) is 0 Å². The van der Waals surface area contributed by atoms with Gasteiger partial charge in [-0.1, -0.05) is 0 Å². The smallest absolute Gasteiger partial charge is 0.303 e. The minimum atomic E-state index is -2.87. The molecule has 4 heterocycles. The Morgan fingerprint density at radius 1 is 1.03 bits per heavy atom. The van der Waals surface area contributed by atoms with Crippen LogP contribution >= 0.6 is 0 Å². The van der Waals surface area contributed by atoms with Crippen LogP contribution in [0.4, 0.5) is 26.6 Å². The summed E-state index contributed by atoms with van der Waals surface area (Å²) in [5, 5.41) is 8.83. The van der Waals surface area contributed by atoms with E-state index in [1.807, 2.05) is 9.80 Å². The van der Waals surface area contributed by atoms with Crippen molar-refractivity contribution in [3.63, 3.8) is 0 Å². The van der Waals surface area contributed by atoms with Crippen molar-refractivity contribution < 1.29 is 23.4 Å². The average Bonchev–Trinajstić information content (AvgIpc) is 2.84. The second-order valence-corrected chi connectivity index (χ2v) is 8.01. The molecule has 0 saturated carbocycles. The number of hydrogen-bond acceptors (Lipinski definition) is 11. The van der Waals surface area contributed by atoms with E-state index in [9.17, 15) is 13.6 Å². The summed E-state index contributed by atoms with van der Waals surface area (Å²) in [4.78, 5) is 38.0. The number of anilines is 3. The Bertz CT molecular complexity index is 999. The van der Waals surface area contributed by atoms with E-state index in [1.54, 1.807) is 0 Å². The molecule has 0 amide bonds. The van der Waals surface area contributed by atoms with Crippen LogP contribution in [0.25, 0.3) is 11.4 Å². The molecule has 0 atom stereocenters. The molecular formula is C20H27F2N9O3. The van der Waals surface area contributed by atoms with Crippen molar-refractivity contribution in [3.05, 3.63) is 11.9 Å². The van der Waals surface area contributed by atoms with Crippen molar-refractivity contribution in [1.82, 2.24) is 29.8 Å². The first-order valence-electron chi connectivity index (χ1n) is 11.1. The van der Waals surface area contributed by atoms with Gasteiger partial charge in [-0.3, -0.25) is 9.69 Å². The first-order valence-corrected chi connectivity index (χ1v) is 11.1. The molecule has 0 unspecified atom stereocenters. The molecule has 2 aliphatic heterocycles. The van der Waals surface area contributed by atoms with Crippen LogP contribution in [-0.4, -0.2) is 99.9 Å². The minimum absolute atomic E-state index is 0.00895. The van der Waals surface area contributed by atoms with E-state index >= 15 is 0 Å². The lowest BCUT2D eigenvalue weighted by atomic mass is 10.2. The normalized spacial score (nSPS) is 17.4. The van der Waals surface area contributed by atoms with E-state index in [0.29, 0.717) is 77.3 Å². The second kappa shape index (κ2) is 10.8. The van der Waals surface area contributed by atoms with E-state index in [0.717, 1.165) is 0 Å². The zero-order valence-corrected chi connectivity index (χ0v) is 18.6. The van der Waals surface area contributed by atoms with Gasteiger partial charge in [0.25, 0.3) is 6.43 Å². The monoisotopic (exact) mass is 479 g/mol. The fourth-order valence-electron chi connectivity index (χ4n) is 3.89. The maximum absolute atomic E-state index is 13.7. The van der Waals surface area contributed by atoms with Crippen molar-refractivity contribution in [2.24, 2.45) is 0 Å². The van der Waals surface area contributed by atoms with E-state index in [1.165, 1.54) is 6.20 Å². The van der Waals surface area contributed by atoms with Crippen molar-refractivity contribution in [2.75, 3.05) is 74.6 Å². The van der Waals surface area contributed by atoms with Gasteiger partial charge in [0, 0.05) is 51.9 Å². The molecule has 0 spiro atoms. The van der Waals surface area contributed by atoms with Crippen LogP contribution in [0.3, 0.4) is 0 Å². The number of aliphatic carboxylic acids is 1. The summed E-state index contributed by atoms with van der Waals surface area (Å²) < 4.78 is 32.8. The molecule has 2 aromatic rings. The zero-order valence-electron chi connectivity index (χ0n) is 18.6. The molecule has 0 aliphatic carbocycles. The quantitative estimate of drug-likeness (QED) is 0.548. The van der Waals surface area contributed by atoms with Gasteiger partial charge >= 0.3 is 5.97 Å². The van der Waals surface area contributed by atoms with Crippen LogP contribution < -0.4 is 15.5 Å². The van der Waals surface area contributed by atoms with Crippen molar-refractivity contribution >= 4 is 23.8 Å². The number of hydrogen-bond donors (Lipinski definition) is 2. The van der Waals surface area contributed by atoms with Crippen LogP contribution in [-0.2, 0) is 9.53 Å². The summed E-state index contributed by atoms with van der Waals surface area (Å²) >= 11 is 0. The summed E-state index contributed by atoms with van der Waals surface area (Å²) in [6, 6.07) is 0. The molecule has 2 aromatic heterocycles. The van der Waals surface area contributed by atoms with Gasteiger partial charge in [0.2, 0.25) is 17.8 Å². The van der Waals surface area contributed by atoms with Crippen LogP contribution in [0.15, 0.2) is 6.20 Å². The maximum atomic E-state index is 13.7. The molecule has 12 nitrogen and oxygen atoms in total. The molecule has 2 fully saturated rings. The number of carbonyl (C=O) groups is 1. The fraction of sp³-hybridized carbons (Fsp3) is 0.600. The molecule has 4 rings (SSSR count). The number of nitrogen functional groups attached to an aromatic ring is 1. The van der Waals surface area contributed by atoms with Crippen molar-refractivity contribution in [1.29, 1.82) is 0 Å². The summed E-state index contributed by atoms with van der Waals surface area (Å²) in [6.07, 6.45) is -0.940. The number of nitrogens with zero attached hydrogens (tertiary/aromatic N) is 8. The molecule has 0 radical (unpaired) electrons. The Morgan fingerprint density at radius 2 is 1.68 bits per heavy atom. The third-order valence-electron chi connectivity index (χ3n) is 5.71. The number of ether oxygens (including phenoxy) is 1. The number of aromatic nitrogens is 5. The molecule has 34 heavy (non-hydrogen) atoms. The topological polar surface area (TPSA) is 147 Å². The zero-order chi connectivity index (χ0) is 24.1. The van der Waals surface area contributed by atoms with Gasteiger partial charge in [0.05, 0.1) is 18.8 Å². The predicted octanol–water partition coefficient (Wildman–Crippen LogP) is 0.672. The lowest BCUT2D eigenvalue weighted by Crippen LogP contribution is -2.47. The Labute approximate surface area is 194 Å². The Balaban J connectivity index is 1.60. The Hall–Kier alpha value is -3.26. The molecule has 184 valence electrons. The number of nitrogens with two attached hydrogens (primary N) is 1. The second-order valence-electron chi connectivity index (χ2n) is 8.01. The van der Waals surface area contributed by atoms with Crippen molar-refractivity contribution in [3.8, 4) is 11.4 Å². The summed E-state index contributed by atoms with van der Waals surface area (Å²) in [7, 11) is 0. The highest BCUT2D eigenvalue weighted by molar-refractivity contribution is 5.66. The highest BCUT2D eigenvalue weighted by atomic mass is 19.3. The summed E-state index contributed by atoms with van der Waals surface area (Å²) in [5.41, 5.74) is 5.01. The molecule has 14 heteroatoms. The van der Waals surface area contributed by atoms with E-state index in [2.05, 4.69) is 29.8 Å². The van der Waals surface area contributed by atoms with Gasteiger partial charge in [0.1, 0.15) is 5.69 Å². The Kier molecular flexibility index (Phi) is 7.57. The highest BCUT2D eigenvalue weighted by Gasteiger charge is 2.26. The van der Waals surface area contributed by atoms with Crippen LogP contribution in [0, 0.1) is 0 Å². The summed E-state index contributed by atoms with van der Waals surface area (Å²) in [6.45, 7) is 5.50. The number of piperazine rings is 1. The van der Waals surface area contributed by atoms with E-state index in [4.69, 9.17) is 15.6 Å². The minimum Gasteiger partial charge on any atom is -0.481 e. The standard InChI is InChI=1S/C20H27F2N9O3/c21-16(22)15-13(12-24-18(23)25-15)17-26-19(28-20(27-17)31-8-10-34-11-9-31)30-6-4-29(5-7-30)3-1-2-14(32)33/h12,16H,1-11H2,(H,32,33)(H2,23,24,25). The average molecular weight is 479 g/mol. The highest BCUT2D eigenvalue weighted by Crippen LogP contribution is 2.29. The summed E-state index contributed by atoms with van der Waals surface area (Å²) in [5.74, 6) is -0.230. The number of halogens is 2. The molecule has 3 N–H and O–H groups in total. The molecule has 2 saturated heterocycles. The van der Waals surface area contributed by atoms with Crippen molar-refractivity contribution in [2.45, 2.75) is 19.3 Å². The number of rotatable bonds is 8. The van der Waals surface area contributed by atoms with E-state index in [-0.39, 0.29) is 23.8 Å². The molecule has 0 aromatic carbocycles.